The number of benzene rings is 2. The molecule has 2 aromatic rings. The molecule has 2 aliphatic rings. The molecule has 2 aliphatic heterocycles. The van der Waals surface area contributed by atoms with Gasteiger partial charge in [-0.25, -0.2) is 4.39 Å². The van der Waals surface area contributed by atoms with E-state index in [1.807, 2.05) is 4.90 Å². The number of hydrogen-bond acceptors (Lipinski definition) is 4. The Morgan fingerprint density at radius 1 is 1.14 bits per heavy atom. The third-order valence-corrected chi connectivity index (χ3v) is 6.39. The van der Waals surface area contributed by atoms with Crippen LogP contribution in [-0.2, 0) is 10.0 Å². The van der Waals surface area contributed by atoms with Crippen LogP contribution in [0.1, 0.15) is 41.6 Å². The van der Waals surface area contributed by atoms with Crippen LogP contribution in [0.2, 0.25) is 0 Å². The minimum atomic E-state index is -3.87. The zero-order valence-corrected chi connectivity index (χ0v) is 16.2. The summed E-state index contributed by atoms with van der Waals surface area (Å²) < 4.78 is 42.8. The predicted molar refractivity (Wildman–Crippen MR) is 106 cm³/mol. The van der Waals surface area contributed by atoms with Crippen molar-refractivity contribution in [3.8, 4) is 0 Å². The average Bonchev–Trinajstić information content (AvgIpc) is 2.89. The highest BCUT2D eigenvalue weighted by molar-refractivity contribution is 7.90. The topological polar surface area (TPSA) is 78.8 Å². The van der Waals surface area contributed by atoms with Crippen molar-refractivity contribution in [2.75, 3.05) is 16.8 Å². The summed E-state index contributed by atoms with van der Waals surface area (Å²) in [4.78, 5) is 14.6. The van der Waals surface area contributed by atoms with Gasteiger partial charge >= 0.3 is 0 Å². The van der Waals surface area contributed by atoms with Gasteiger partial charge in [0, 0.05) is 24.2 Å². The number of anilines is 2. The number of carbonyl (C=O) groups is 1. The second-order valence-electron chi connectivity index (χ2n) is 7.04. The van der Waals surface area contributed by atoms with E-state index in [0.29, 0.717) is 35.7 Å². The largest absolute Gasteiger partial charge is 0.328 e. The Bertz CT molecular complexity index is 1100. The molecule has 6 nitrogen and oxygen atoms in total. The van der Waals surface area contributed by atoms with Gasteiger partial charge in [0.2, 0.25) is 0 Å². The van der Waals surface area contributed by atoms with Crippen LogP contribution in [0.5, 0.6) is 0 Å². The molecule has 1 fully saturated rings. The molecule has 2 heterocycles. The van der Waals surface area contributed by atoms with Crippen LogP contribution < -0.4 is 10.2 Å². The first-order chi connectivity index (χ1) is 13.3. The number of amides is 1. The van der Waals surface area contributed by atoms with E-state index in [4.69, 9.17) is 0 Å². The normalized spacial score (nSPS) is 17.8. The molecule has 146 valence electrons. The highest BCUT2D eigenvalue weighted by Crippen LogP contribution is 2.35. The third kappa shape index (κ3) is 3.40. The smallest absolute Gasteiger partial charge is 0.286 e. The average molecular weight is 401 g/mol. The van der Waals surface area contributed by atoms with Crippen molar-refractivity contribution in [2.24, 2.45) is 4.40 Å². The molecule has 28 heavy (non-hydrogen) atoms. The summed E-state index contributed by atoms with van der Waals surface area (Å²) in [6.45, 7) is 2.46. The lowest BCUT2D eigenvalue weighted by molar-refractivity contribution is 0.102. The molecule has 2 aromatic carbocycles. The van der Waals surface area contributed by atoms with E-state index >= 15 is 0 Å². The van der Waals surface area contributed by atoms with Gasteiger partial charge in [-0.05, 0) is 55.7 Å². The number of carbonyl (C=O) groups excluding carboxylic acids is 1. The summed E-state index contributed by atoms with van der Waals surface area (Å²) >= 11 is 0. The number of sulfonamides is 1. The first kappa shape index (κ1) is 18.6. The highest BCUT2D eigenvalue weighted by atomic mass is 32.2. The fraction of sp³-hybridized carbons (Fsp3) is 0.300. The quantitative estimate of drug-likeness (QED) is 0.829. The van der Waals surface area contributed by atoms with Crippen LogP contribution >= 0.6 is 0 Å². The van der Waals surface area contributed by atoms with Crippen LogP contribution in [0.25, 0.3) is 0 Å². The van der Waals surface area contributed by atoms with Crippen molar-refractivity contribution in [3.05, 3.63) is 53.3 Å². The van der Waals surface area contributed by atoms with Crippen LogP contribution in [0.4, 0.5) is 15.8 Å². The van der Waals surface area contributed by atoms with Gasteiger partial charge in [0.15, 0.2) is 0 Å². The maximum absolute atomic E-state index is 13.5. The summed E-state index contributed by atoms with van der Waals surface area (Å²) in [5.41, 5.74) is 1.79. The van der Waals surface area contributed by atoms with Gasteiger partial charge in [-0.2, -0.15) is 8.42 Å². The predicted octanol–water partition coefficient (Wildman–Crippen LogP) is 3.87. The van der Waals surface area contributed by atoms with Crippen molar-refractivity contribution in [2.45, 2.75) is 37.5 Å². The van der Waals surface area contributed by atoms with E-state index in [1.54, 1.807) is 25.1 Å². The lowest BCUT2D eigenvalue weighted by Gasteiger charge is -2.29. The van der Waals surface area contributed by atoms with Gasteiger partial charge in [-0.15, -0.1) is 4.40 Å². The molecule has 0 aliphatic carbocycles. The molecule has 8 heteroatoms. The van der Waals surface area contributed by atoms with E-state index in [1.165, 1.54) is 18.2 Å². The van der Waals surface area contributed by atoms with Gasteiger partial charge < -0.3 is 10.2 Å². The van der Waals surface area contributed by atoms with Crippen LogP contribution in [0, 0.1) is 12.7 Å². The van der Waals surface area contributed by atoms with E-state index in [9.17, 15) is 17.6 Å². The van der Waals surface area contributed by atoms with E-state index in [-0.39, 0.29) is 10.5 Å². The standard InChI is InChI=1S/C20H20FN3O3S/c1-13-6-8-15(21)12-16(13)22-20(25)14-7-9-17-18(11-14)28(26,27)23-19-5-3-2-4-10-24(17)19/h6-9,11-12H,2-5,10H2,1H3,(H,22,25). The Morgan fingerprint density at radius 2 is 1.96 bits per heavy atom. The van der Waals surface area contributed by atoms with Crippen LogP contribution in [0.15, 0.2) is 45.7 Å². The van der Waals surface area contributed by atoms with Crippen LogP contribution in [-0.4, -0.2) is 26.7 Å². The number of hydrogen-bond donors (Lipinski definition) is 1. The Kier molecular flexibility index (Phi) is 4.66. The van der Waals surface area contributed by atoms with Gasteiger partial charge in [0.25, 0.3) is 15.9 Å². The molecule has 0 bridgehead atoms. The lowest BCUT2D eigenvalue weighted by atomic mass is 10.1. The molecule has 0 saturated carbocycles. The van der Waals surface area contributed by atoms with Crippen molar-refractivity contribution in [1.82, 2.24) is 0 Å². The monoisotopic (exact) mass is 401 g/mol. The van der Waals surface area contributed by atoms with Gasteiger partial charge in [0.05, 0.1) is 5.69 Å². The van der Waals surface area contributed by atoms with Gasteiger partial charge in [0.1, 0.15) is 16.5 Å². The zero-order valence-electron chi connectivity index (χ0n) is 15.4. The zero-order chi connectivity index (χ0) is 19.9. The SMILES string of the molecule is Cc1ccc(F)cc1NC(=O)c1ccc2c(c1)S(=O)(=O)N=C1CCCCCN12. The number of rotatable bonds is 2. The molecule has 1 saturated heterocycles. The van der Waals surface area contributed by atoms with Crippen molar-refractivity contribution in [1.29, 1.82) is 0 Å². The molecule has 0 unspecified atom stereocenters. The Hall–Kier alpha value is -2.74. The highest BCUT2D eigenvalue weighted by Gasteiger charge is 2.32. The first-order valence-electron chi connectivity index (χ1n) is 9.18. The molecule has 1 amide bonds. The Balaban J connectivity index is 1.70. The number of amidine groups is 1. The molecule has 0 atom stereocenters. The van der Waals surface area contributed by atoms with Gasteiger partial charge in [-0.1, -0.05) is 12.5 Å². The summed E-state index contributed by atoms with van der Waals surface area (Å²) in [5, 5.41) is 2.64. The molecular formula is C20H20FN3O3S. The van der Waals surface area contributed by atoms with Crippen LogP contribution in [0.3, 0.4) is 0 Å². The van der Waals surface area contributed by atoms with Crippen molar-refractivity contribution in [3.63, 3.8) is 0 Å². The molecule has 4 rings (SSSR count). The maximum Gasteiger partial charge on any atom is 0.286 e. The fourth-order valence-electron chi connectivity index (χ4n) is 3.54. The maximum atomic E-state index is 13.5. The number of halogens is 1. The van der Waals surface area contributed by atoms with Crippen molar-refractivity contribution >= 4 is 33.1 Å². The number of nitrogens with zero attached hydrogens (tertiary/aromatic N) is 2. The Labute approximate surface area is 163 Å². The summed E-state index contributed by atoms with van der Waals surface area (Å²) in [5.74, 6) is -0.396. The molecule has 0 spiro atoms. The third-order valence-electron chi connectivity index (χ3n) is 5.06. The van der Waals surface area contributed by atoms with E-state index in [0.717, 1.165) is 19.3 Å². The number of fused-ring (bicyclic) bond motifs is 3. The molecule has 1 N–H and O–H groups in total. The summed E-state index contributed by atoms with van der Waals surface area (Å²) in [6.07, 6.45) is 3.52. The van der Waals surface area contributed by atoms with Gasteiger partial charge in [-0.3, -0.25) is 4.79 Å². The number of aryl methyl sites for hydroxylation is 1. The minimum Gasteiger partial charge on any atom is -0.328 e. The fourth-order valence-corrected chi connectivity index (χ4v) is 4.83. The lowest BCUT2D eigenvalue weighted by Crippen LogP contribution is -2.35. The molecular weight excluding hydrogens is 381 g/mol. The van der Waals surface area contributed by atoms with E-state index in [2.05, 4.69) is 9.71 Å². The minimum absolute atomic E-state index is 0.0294. The Morgan fingerprint density at radius 3 is 2.79 bits per heavy atom. The summed E-state index contributed by atoms with van der Waals surface area (Å²) in [6, 6.07) is 8.70. The van der Waals surface area contributed by atoms with E-state index < -0.39 is 21.7 Å². The molecule has 0 radical (unpaired) electrons. The second-order valence-corrected chi connectivity index (χ2v) is 8.61. The first-order valence-corrected chi connectivity index (χ1v) is 10.6. The summed E-state index contributed by atoms with van der Waals surface area (Å²) in [7, 11) is -3.87. The van der Waals surface area contributed by atoms with Crippen molar-refractivity contribution < 1.29 is 17.6 Å². The second kappa shape index (κ2) is 7.01. The molecule has 0 aromatic heterocycles. The number of nitrogens with one attached hydrogen (secondary N) is 1.